The van der Waals surface area contributed by atoms with Gasteiger partial charge in [-0.3, -0.25) is 13.3 Å². The van der Waals surface area contributed by atoms with Crippen LogP contribution in [0.5, 0.6) is 5.75 Å². The molecule has 1 aromatic carbocycles. The van der Waals surface area contributed by atoms with E-state index in [9.17, 15) is 9.00 Å². The highest BCUT2D eigenvalue weighted by Crippen LogP contribution is 2.27. The summed E-state index contributed by atoms with van der Waals surface area (Å²) in [7, 11) is 1.27. The van der Waals surface area contributed by atoms with Crippen molar-refractivity contribution in [2.45, 2.75) is 20.0 Å². The Balaban J connectivity index is 2.02. The summed E-state index contributed by atoms with van der Waals surface area (Å²) in [6.45, 7) is 4.76. The SMILES string of the molecule is CCOc1ccc(N2C[C@H](COS(=O)OC)OC2=O)cc1C. The van der Waals surface area contributed by atoms with Crippen LogP contribution in [-0.2, 0) is 24.5 Å². The van der Waals surface area contributed by atoms with Gasteiger partial charge < -0.3 is 9.47 Å². The van der Waals surface area contributed by atoms with Gasteiger partial charge in [-0.2, -0.15) is 4.21 Å². The van der Waals surface area contributed by atoms with E-state index < -0.39 is 23.6 Å². The first-order chi connectivity index (χ1) is 10.5. The molecule has 0 radical (unpaired) electrons. The number of cyclic esters (lactones) is 1. The average molecular weight is 329 g/mol. The summed E-state index contributed by atoms with van der Waals surface area (Å²) >= 11 is -1.83. The third-order valence-corrected chi connectivity index (χ3v) is 3.73. The van der Waals surface area contributed by atoms with Crippen molar-refractivity contribution in [3.05, 3.63) is 23.8 Å². The fourth-order valence-corrected chi connectivity index (χ4v) is 2.48. The second-order valence-corrected chi connectivity index (χ2v) is 5.63. The van der Waals surface area contributed by atoms with Crippen LogP contribution >= 0.6 is 0 Å². The number of aryl methyl sites for hydroxylation is 1. The topological polar surface area (TPSA) is 74.3 Å². The Morgan fingerprint density at radius 3 is 2.86 bits per heavy atom. The first-order valence-electron chi connectivity index (χ1n) is 6.86. The Kier molecular flexibility index (Phi) is 5.76. The van der Waals surface area contributed by atoms with E-state index in [4.69, 9.17) is 13.7 Å². The molecular weight excluding hydrogens is 310 g/mol. The third kappa shape index (κ3) is 3.96. The summed E-state index contributed by atoms with van der Waals surface area (Å²) in [5.41, 5.74) is 1.66. The van der Waals surface area contributed by atoms with Crippen LogP contribution in [0.2, 0.25) is 0 Å². The molecule has 22 heavy (non-hydrogen) atoms. The molecule has 1 fully saturated rings. The van der Waals surface area contributed by atoms with Crippen LogP contribution in [0.1, 0.15) is 12.5 Å². The predicted molar refractivity (Wildman–Crippen MR) is 81.1 cm³/mol. The summed E-state index contributed by atoms with van der Waals surface area (Å²) in [5, 5.41) is 0. The molecule has 1 saturated heterocycles. The number of benzene rings is 1. The van der Waals surface area contributed by atoms with Crippen molar-refractivity contribution >= 4 is 23.1 Å². The highest BCUT2D eigenvalue weighted by Gasteiger charge is 2.33. The van der Waals surface area contributed by atoms with Crippen molar-refractivity contribution in [2.24, 2.45) is 0 Å². The molecule has 0 N–H and O–H groups in total. The lowest BCUT2D eigenvalue weighted by Gasteiger charge is -2.15. The number of anilines is 1. The lowest BCUT2D eigenvalue weighted by Crippen LogP contribution is -2.26. The zero-order valence-corrected chi connectivity index (χ0v) is 13.6. The first kappa shape index (κ1) is 16.7. The van der Waals surface area contributed by atoms with Crippen molar-refractivity contribution in [1.82, 2.24) is 0 Å². The maximum Gasteiger partial charge on any atom is 0.414 e. The van der Waals surface area contributed by atoms with E-state index >= 15 is 0 Å². The molecule has 1 unspecified atom stereocenters. The summed E-state index contributed by atoms with van der Waals surface area (Å²) in [5.74, 6) is 0.786. The van der Waals surface area contributed by atoms with Crippen molar-refractivity contribution in [3.8, 4) is 5.75 Å². The van der Waals surface area contributed by atoms with Crippen LogP contribution in [0.3, 0.4) is 0 Å². The fourth-order valence-electron chi connectivity index (χ4n) is 2.12. The lowest BCUT2D eigenvalue weighted by atomic mass is 10.2. The monoisotopic (exact) mass is 329 g/mol. The number of ether oxygens (including phenoxy) is 2. The smallest absolute Gasteiger partial charge is 0.414 e. The molecule has 2 rings (SSSR count). The maximum atomic E-state index is 11.9. The minimum Gasteiger partial charge on any atom is -0.494 e. The van der Waals surface area contributed by atoms with Crippen molar-refractivity contribution in [2.75, 3.05) is 31.8 Å². The van der Waals surface area contributed by atoms with Gasteiger partial charge in [0.15, 0.2) is 0 Å². The van der Waals surface area contributed by atoms with E-state index in [1.807, 2.05) is 26.0 Å². The van der Waals surface area contributed by atoms with E-state index in [1.165, 1.54) is 12.0 Å². The Hall–Kier alpha value is -1.64. The highest BCUT2D eigenvalue weighted by atomic mass is 32.2. The van der Waals surface area contributed by atoms with Crippen molar-refractivity contribution in [3.63, 3.8) is 0 Å². The van der Waals surface area contributed by atoms with Gasteiger partial charge in [-0.05, 0) is 37.6 Å². The van der Waals surface area contributed by atoms with Gasteiger partial charge in [0.1, 0.15) is 18.5 Å². The number of hydrogen-bond acceptors (Lipinski definition) is 6. The van der Waals surface area contributed by atoms with Gasteiger partial charge in [-0.25, -0.2) is 4.79 Å². The van der Waals surface area contributed by atoms with E-state index in [2.05, 4.69) is 4.18 Å². The molecule has 0 saturated carbocycles. The number of carbonyl (C=O) groups is 1. The molecule has 0 spiro atoms. The number of carbonyl (C=O) groups excluding carboxylic acids is 1. The first-order valence-corrected chi connectivity index (χ1v) is 7.86. The molecule has 1 aliphatic heterocycles. The molecule has 1 heterocycles. The van der Waals surface area contributed by atoms with E-state index in [0.717, 1.165) is 17.0 Å². The maximum absolute atomic E-state index is 11.9. The van der Waals surface area contributed by atoms with E-state index in [1.54, 1.807) is 6.07 Å². The van der Waals surface area contributed by atoms with Crippen LogP contribution in [0, 0.1) is 6.92 Å². The standard InChI is InChI=1S/C14H19NO6S/c1-4-19-13-6-5-11(7-10(13)2)15-8-12(21-14(15)16)9-20-22(17)18-3/h5-7,12H,4,8-9H2,1-3H3/t12-,22?/m1/s1. The fraction of sp³-hybridized carbons (Fsp3) is 0.500. The molecule has 1 aliphatic rings. The number of hydrogen-bond donors (Lipinski definition) is 0. The number of amides is 1. The quantitative estimate of drug-likeness (QED) is 0.761. The molecule has 2 atom stereocenters. The Labute approximate surface area is 132 Å². The Morgan fingerprint density at radius 1 is 1.45 bits per heavy atom. The van der Waals surface area contributed by atoms with Crippen LogP contribution in [-0.4, -0.2) is 43.3 Å². The Morgan fingerprint density at radius 2 is 2.23 bits per heavy atom. The Bertz CT molecular complexity index is 564. The highest BCUT2D eigenvalue weighted by molar-refractivity contribution is 7.75. The van der Waals surface area contributed by atoms with Gasteiger partial charge in [0.2, 0.25) is 0 Å². The van der Waals surface area contributed by atoms with Crippen LogP contribution in [0.25, 0.3) is 0 Å². The van der Waals surface area contributed by atoms with Gasteiger partial charge in [-0.15, -0.1) is 0 Å². The summed E-state index contributed by atoms with van der Waals surface area (Å²) in [6, 6.07) is 5.49. The zero-order valence-electron chi connectivity index (χ0n) is 12.7. The second-order valence-electron chi connectivity index (χ2n) is 4.65. The normalized spacial score (nSPS) is 19.1. The molecule has 0 aromatic heterocycles. The predicted octanol–water partition coefficient (Wildman–Crippen LogP) is 1.96. The zero-order chi connectivity index (χ0) is 16.1. The number of rotatable bonds is 7. The lowest BCUT2D eigenvalue weighted by molar-refractivity contribution is 0.105. The molecule has 0 aliphatic carbocycles. The second kappa shape index (κ2) is 7.57. The molecule has 0 bridgehead atoms. The summed E-state index contributed by atoms with van der Waals surface area (Å²) in [6.07, 6.45) is -0.946. The van der Waals surface area contributed by atoms with E-state index in [0.29, 0.717) is 13.2 Å². The molecule has 122 valence electrons. The minimum absolute atomic E-state index is 0.0126. The van der Waals surface area contributed by atoms with Gasteiger partial charge in [0.25, 0.3) is 0 Å². The molecule has 7 nitrogen and oxygen atoms in total. The van der Waals surface area contributed by atoms with Crippen molar-refractivity contribution in [1.29, 1.82) is 0 Å². The van der Waals surface area contributed by atoms with Crippen molar-refractivity contribution < 1.29 is 26.8 Å². The number of nitrogens with zero attached hydrogens (tertiary/aromatic N) is 1. The molecular formula is C14H19NO6S. The molecule has 8 heteroatoms. The van der Waals surface area contributed by atoms with Gasteiger partial charge in [-0.1, -0.05) is 0 Å². The van der Waals surface area contributed by atoms with Crippen LogP contribution in [0.4, 0.5) is 10.5 Å². The van der Waals surface area contributed by atoms with E-state index in [-0.39, 0.29) is 6.61 Å². The van der Waals surface area contributed by atoms with Crippen LogP contribution < -0.4 is 9.64 Å². The van der Waals surface area contributed by atoms with Gasteiger partial charge >= 0.3 is 17.5 Å². The van der Waals surface area contributed by atoms with Gasteiger partial charge in [0, 0.05) is 5.69 Å². The molecule has 1 amide bonds. The van der Waals surface area contributed by atoms with Gasteiger partial charge in [0.05, 0.1) is 20.3 Å². The van der Waals surface area contributed by atoms with Crippen LogP contribution in [0.15, 0.2) is 18.2 Å². The largest absolute Gasteiger partial charge is 0.494 e. The molecule has 1 aromatic rings. The summed E-state index contributed by atoms with van der Waals surface area (Å²) < 4.78 is 31.1. The average Bonchev–Trinajstić information content (AvgIpc) is 2.88. The summed E-state index contributed by atoms with van der Waals surface area (Å²) in [4.78, 5) is 13.4. The third-order valence-electron chi connectivity index (χ3n) is 3.13. The minimum atomic E-state index is -1.83.